The van der Waals surface area contributed by atoms with Gasteiger partial charge in [0.2, 0.25) is 0 Å². The molecule has 0 aliphatic heterocycles. The van der Waals surface area contributed by atoms with Gasteiger partial charge in [-0.05, 0) is 12.1 Å². The third-order valence-corrected chi connectivity index (χ3v) is 2.59. The summed E-state index contributed by atoms with van der Waals surface area (Å²) in [5.74, 6) is -1.36. The van der Waals surface area contributed by atoms with E-state index >= 15 is 0 Å². The first-order valence-electron chi connectivity index (χ1n) is 4.01. The van der Waals surface area contributed by atoms with E-state index < -0.39 is 11.6 Å². The molecule has 0 bridgehead atoms. The molecule has 0 saturated carbocycles. The number of benzene rings is 1. The number of thiazole rings is 1. The lowest BCUT2D eigenvalue weighted by molar-refractivity contribution is 0.585. The van der Waals surface area contributed by atoms with Crippen LogP contribution in [0.3, 0.4) is 0 Å². The van der Waals surface area contributed by atoms with Gasteiger partial charge >= 0.3 is 0 Å². The number of halogens is 2. The Morgan fingerprint density at radius 3 is 2.80 bits per heavy atom. The lowest BCUT2D eigenvalue weighted by Crippen LogP contribution is -1.88. The Hall–Kier alpha value is -1.80. The van der Waals surface area contributed by atoms with Gasteiger partial charge < -0.3 is 0 Å². The summed E-state index contributed by atoms with van der Waals surface area (Å²) in [4.78, 5) is 4.20. The van der Waals surface area contributed by atoms with Crippen LogP contribution in [0.25, 0.3) is 11.3 Å². The van der Waals surface area contributed by atoms with E-state index in [2.05, 4.69) is 4.98 Å². The Morgan fingerprint density at radius 2 is 2.13 bits per heavy atom. The molecule has 0 radical (unpaired) electrons. The lowest BCUT2D eigenvalue weighted by atomic mass is 10.1. The predicted molar refractivity (Wildman–Crippen MR) is 52.2 cm³/mol. The van der Waals surface area contributed by atoms with Crippen molar-refractivity contribution in [2.45, 2.75) is 0 Å². The number of aromatic nitrogens is 1. The van der Waals surface area contributed by atoms with E-state index in [0.29, 0.717) is 4.88 Å². The summed E-state index contributed by atoms with van der Waals surface area (Å²) >= 11 is 1.12. The van der Waals surface area contributed by atoms with Gasteiger partial charge in [0.25, 0.3) is 0 Å². The fourth-order valence-corrected chi connectivity index (χ4v) is 1.79. The average Bonchev–Trinajstić information content (AvgIpc) is 2.65. The Morgan fingerprint density at radius 1 is 1.33 bits per heavy atom. The van der Waals surface area contributed by atoms with Crippen molar-refractivity contribution in [2.75, 3.05) is 0 Å². The highest BCUT2D eigenvalue weighted by atomic mass is 32.1. The third kappa shape index (κ3) is 1.72. The number of hydrogen-bond donors (Lipinski definition) is 0. The fourth-order valence-electron chi connectivity index (χ4n) is 1.20. The molecule has 0 saturated heterocycles. The minimum absolute atomic E-state index is 0.147. The van der Waals surface area contributed by atoms with E-state index in [4.69, 9.17) is 5.26 Å². The maximum atomic E-state index is 13.3. The first kappa shape index (κ1) is 9.74. The van der Waals surface area contributed by atoms with Crippen LogP contribution in [0, 0.1) is 23.0 Å². The zero-order chi connectivity index (χ0) is 10.8. The second-order valence-electron chi connectivity index (χ2n) is 2.77. The van der Waals surface area contributed by atoms with Crippen LogP contribution in [0.2, 0.25) is 0 Å². The first-order valence-corrected chi connectivity index (χ1v) is 4.89. The largest absolute Gasteiger partial charge is 0.243 e. The quantitative estimate of drug-likeness (QED) is 0.743. The Bertz CT molecular complexity index is 543. The number of rotatable bonds is 1. The van der Waals surface area contributed by atoms with E-state index in [1.807, 2.05) is 6.07 Å². The van der Waals surface area contributed by atoms with Gasteiger partial charge in [-0.3, -0.25) is 0 Å². The monoisotopic (exact) mass is 222 g/mol. The van der Waals surface area contributed by atoms with Crippen molar-refractivity contribution in [1.29, 1.82) is 5.26 Å². The van der Waals surface area contributed by atoms with E-state index in [1.165, 1.54) is 11.6 Å². The molecule has 0 atom stereocenters. The standard InChI is InChI=1S/C10H4F2N2S/c11-6-1-2-7(8(12)3-6)10-9(4-13)15-5-14-10/h1-3,5H. The molecule has 0 fully saturated rings. The summed E-state index contributed by atoms with van der Waals surface area (Å²) in [5.41, 5.74) is 1.87. The minimum atomic E-state index is -0.711. The van der Waals surface area contributed by atoms with E-state index in [0.717, 1.165) is 23.5 Å². The molecule has 1 aromatic heterocycles. The van der Waals surface area contributed by atoms with Crippen LogP contribution < -0.4 is 0 Å². The third-order valence-electron chi connectivity index (χ3n) is 1.86. The second kappa shape index (κ2) is 3.75. The molecular formula is C10H4F2N2S. The topological polar surface area (TPSA) is 36.7 Å². The van der Waals surface area contributed by atoms with Gasteiger partial charge in [0.1, 0.15) is 28.3 Å². The lowest BCUT2D eigenvalue weighted by Gasteiger charge is -1.99. The smallest absolute Gasteiger partial charge is 0.135 e. The van der Waals surface area contributed by atoms with Crippen LogP contribution in [0.15, 0.2) is 23.7 Å². The van der Waals surface area contributed by atoms with Gasteiger partial charge in [-0.1, -0.05) is 0 Å². The Balaban J connectivity index is 2.60. The Labute approximate surface area is 88.4 Å². The molecule has 2 rings (SSSR count). The van der Waals surface area contributed by atoms with Crippen molar-refractivity contribution in [3.8, 4) is 17.3 Å². The zero-order valence-corrected chi connectivity index (χ0v) is 8.18. The van der Waals surface area contributed by atoms with Crippen LogP contribution in [0.5, 0.6) is 0 Å². The SMILES string of the molecule is N#Cc1scnc1-c1ccc(F)cc1F. The number of nitriles is 1. The minimum Gasteiger partial charge on any atom is -0.243 e. The van der Waals surface area contributed by atoms with Crippen LogP contribution in [-0.2, 0) is 0 Å². The van der Waals surface area contributed by atoms with E-state index in [-0.39, 0.29) is 11.3 Å². The van der Waals surface area contributed by atoms with Crippen LogP contribution in [0.1, 0.15) is 4.88 Å². The second-order valence-corrected chi connectivity index (χ2v) is 3.62. The molecule has 0 amide bonds. The molecule has 0 spiro atoms. The molecule has 0 N–H and O–H groups in total. The van der Waals surface area contributed by atoms with Gasteiger partial charge in [-0.15, -0.1) is 11.3 Å². The highest BCUT2D eigenvalue weighted by Gasteiger charge is 2.13. The zero-order valence-electron chi connectivity index (χ0n) is 7.37. The van der Waals surface area contributed by atoms with Crippen LogP contribution in [-0.4, -0.2) is 4.98 Å². The highest BCUT2D eigenvalue weighted by molar-refractivity contribution is 7.10. The maximum absolute atomic E-state index is 13.3. The van der Waals surface area contributed by atoms with Gasteiger partial charge in [0.05, 0.1) is 5.51 Å². The normalized spacial score (nSPS) is 9.93. The number of nitrogens with zero attached hydrogens (tertiary/aromatic N) is 2. The summed E-state index contributed by atoms with van der Waals surface area (Å²) in [6.07, 6.45) is 0. The van der Waals surface area contributed by atoms with Gasteiger partial charge in [-0.25, -0.2) is 13.8 Å². The molecule has 2 aromatic rings. The molecule has 5 heteroatoms. The van der Waals surface area contributed by atoms with Crippen molar-refractivity contribution in [3.63, 3.8) is 0 Å². The van der Waals surface area contributed by atoms with Crippen molar-refractivity contribution in [2.24, 2.45) is 0 Å². The predicted octanol–water partition coefficient (Wildman–Crippen LogP) is 2.96. The molecule has 1 aromatic carbocycles. The van der Waals surface area contributed by atoms with Gasteiger partial charge in [-0.2, -0.15) is 5.26 Å². The molecule has 2 nitrogen and oxygen atoms in total. The van der Waals surface area contributed by atoms with Crippen molar-refractivity contribution in [1.82, 2.24) is 4.98 Å². The summed E-state index contributed by atoms with van der Waals surface area (Å²) in [5, 5.41) is 8.74. The highest BCUT2D eigenvalue weighted by Crippen LogP contribution is 2.27. The first-order chi connectivity index (χ1) is 7.22. The summed E-state index contributed by atoms with van der Waals surface area (Å²) < 4.78 is 26.0. The molecule has 1 heterocycles. The molecule has 74 valence electrons. The summed E-state index contributed by atoms with van der Waals surface area (Å²) in [7, 11) is 0. The van der Waals surface area contributed by atoms with Gasteiger partial charge in [0.15, 0.2) is 0 Å². The van der Waals surface area contributed by atoms with Crippen molar-refractivity contribution >= 4 is 11.3 Å². The van der Waals surface area contributed by atoms with Crippen molar-refractivity contribution in [3.05, 3.63) is 40.2 Å². The molecule has 0 aliphatic rings. The fraction of sp³-hybridized carbons (Fsp3) is 0. The molecule has 0 unspecified atom stereocenters. The van der Waals surface area contributed by atoms with Gasteiger partial charge in [0, 0.05) is 11.6 Å². The number of hydrogen-bond acceptors (Lipinski definition) is 3. The van der Waals surface area contributed by atoms with E-state index in [1.54, 1.807) is 0 Å². The maximum Gasteiger partial charge on any atom is 0.135 e. The summed E-state index contributed by atoms with van der Waals surface area (Å²) in [6.45, 7) is 0. The molecular weight excluding hydrogens is 218 g/mol. The average molecular weight is 222 g/mol. The summed E-state index contributed by atoms with van der Waals surface area (Å²) in [6, 6.07) is 5.10. The Kier molecular flexibility index (Phi) is 2.44. The molecule has 0 aliphatic carbocycles. The molecule has 15 heavy (non-hydrogen) atoms. The van der Waals surface area contributed by atoms with E-state index in [9.17, 15) is 8.78 Å². The van der Waals surface area contributed by atoms with Crippen LogP contribution >= 0.6 is 11.3 Å². The van der Waals surface area contributed by atoms with Crippen LogP contribution in [0.4, 0.5) is 8.78 Å². The van der Waals surface area contributed by atoms with Crippen molar-refractivity contribution < 1.29 is 8.78 Å².